The van der Waals surface area contributed by atoms with Crippen LogP contribution in [-0.2, 0) is 14.3 Å². The quantitative estimate of drug-likeness (QED) is 0.503. The van der Waals surface area contributed by atoms with Gasteiger partial charge in [0.25, 0.3) is 0 Å². The third-order valence-corrected chi connectivity index (χ3v) is 4.04. The average Bonchev–Trinajstić information content (AvgIpc) is 2.54. The first-order valence-corrected chi connectivity index (χ1v) is 8.86. The summed E-state index contributed by atoms with van der Waals surface area (Å²) in [5, 5.41) is 0. The maximum absolute atomic E-state index is 13.5. The Balaban J connectivity index is 2.70. The number of rotatable bonds is 6. The second-order valence-corrected chi connectivity index (χ2v) is 7.53. The topological polar surface area (TPSA) is 72.9 Å². The molecule has 8 heteroatoms. The fraction of sp³-hybridized carbons (Fsp3) is 0.500. The number of carbonyl (C=O) groups excluding carboxylic acids is 3. The SMILES string of the molecule is CCC(C(=O)OCC(=O)c1ccc(Br)c(F)c1)N(C)C(=O)OC(C)(C)C. The van der Waals surface area contributed by atoms with Gasteiger partial charge in [0.15, 0.2) is 12.4 Å². The lowest BCUT2D eigenvalue weighted by atomic mass is 10.1. The van der Waals surface area contributed by atoms with Crippen molar-refractivity contribution >= 4 is 33.8 Å². The highest BCUT2D eigenvalue weighted by molar-refractivity contribution is 9.10. The Morgan fingerprint density at radius 3 is 2.38 bits per heavy atom. The molecule has 144 valence electrons. The molecule has 0 aliphatic heterocycles. The van der Waals surface area contributed by atoms with Gasteiger partial charge in [-0.3, -0.25) is 9.69 Å². The highest BCUT2D eigenvalue weighted by Crippen LogP contribution is 2.17. The van der Waals surface area contributed by atoms with Crippen molar-refractivity contribution in [3.8, 4) is 0 Å². The van der Waals surface area contributed by atoms with Crippen molar-refractivity contribution in [1.82, 2.24) is 4.90 Å². The van der Waals surface area contributed by atoms with Gasteiger partial charge in [-0.2, -0.15) is 0 Å². The van der Waals surface area contributed by atoms with Crippen LogP contribution in [0.1, 0.15) is 44.5 Å². The van der Waals surface area contributed by atoms with E-state index in [0.29, 0.717) is 0 Å². The van der Waals surface area contributed by atoms with E-state index in [1.165, 1.54) is 19.2 Å². The number of hydrogen-bond acceptors (Lipinski definition) is 5. The minimum absolute atomic E-state index is 0.0899. The van der Waals surface area contributed by atoms with E-state index in [-0.39, 0.29) is 16.5 Å². The molecule has 0 aliphatic rings. The number of carbonyl (C=O) groups is 3. The van der Waals surface area contributed by atoms with Gasteiger partial charge >= 0.3 is 12.1 Å². The smallest absolute Gasteiger partial charge is 0.410 e. The molecule has 0 fully saturated rings. The number of esters is 1. The zero-order valence-corrected chi connectivity index (χ0v) is 17.1. The molecule has 0 bridgehead atoms. The van der Waals surface area contributed by atoms with E-state index < -0.39 is 41.9 Å². The Morgan fingerprint density at radius 2 is 1.88 bits per heavy atom. The van der Waals surface area contributed by atoms with E-state index >= 15 is 0 Å². The summed E-state index contributed by atoms with van der Waals surface area (Å²) >= 11 is 3.00. The number of halogens is 2. The molecule has 6 nitrogen and oxygen atoms in total. The van der Waals surface area contributed by atoms with Gasteiger partial charge in [-0.15, -0.1) is 0 Å². The van der Waals surface area contributed by atoms with Gasteiger partial charge in [0.2, 0.25) is 0 Å². The third kappa shape index (κ3) is 6.40. The Labute approximate surface area is 160 Å². The molecule has 0 radical (unpaired) electrons. The van der Waals surface area contributed by atoms with Crippen LogP contribution in [0, 0.1) is 5.82 Å². The summed E-state index contributed by atoms with van der Waals surface area (Å²) in [6.07, 6.45) is -0.377. The Kier molecular flexibility index (Phi) is 7.74. The Hall–Kier alpha value is -1.96. The largest absolute Gasteiger partial charge is 0.456 e. The number of nitrogens with zero attached hydrogens (tertiary/aromatic N) is 1. The first kappa shape index (κ1) is 22.1. The second-order valence-electron chi connectivity index (χ2n) is 6.68. The summed E-state index contributed by atoms with van der Waals surface area (Å²) in [7, 11) is 1.43. The van der Waals surface area contributed by atoms with Gasteiger partial charge in [0.1, 0.15) is 17.5 Å². The lowest BCUT2D eigenvalue weighted by molar-refractivity contribution is -0.148. The van der Waals surface area contributed by atoms with Gasteiger partial charge in [-0.25, -0.2) is 14.0 Å². The zero-order valence-electron chi connectivity index (χ0n) is 15.5. The van der Waals surface area contributed by atoms with Crippen LogP contribution >= 0.6 is 15.9 Å². The van der Waals surface area contributed by atoms with Crippen LogP contribution in [0.15, 0.2) is 22.7 Å². The molecule has 0 aliphatic carbocycles. The van der Waals surface area contributed by atoms with Crippen LogP contribution in [0.3, 0.4) is 0 Å². The van der Waals surface area contributed by atoms with Crippen molar-refractivity contribution in [2.75, 3.05) is 13.7 Å². The molecule has 26 heavy (non-hydrogen) atoms. The van der Waals surface area contributed by atoms with Crippen LogP contribution in [0.4, 0.5) is 9.18 Å². The summed E-state index contributed by atoms with van der Waals surface area (Å²) in [6, 6.07) is 2.99. The summed E-state index contributed by atoms with van der Waals surface area (Å²) in [6.45, 7) is 6.31. The molecule has 1 unspecified atom stereocenters. The fourth-order valence-corrected chi connectivity index (χ4v) is 2.29. The van der Waals surface area contributed by atoms with Gasteiger partial charge in [0, 0.05) is 12.6 Å². The van der Waals surface area contributed by atoms with E-state index in [2.05, 4.69) is 15.9 Å². The molecule has 0 heterocycles. The number of hydrogen-bond donors (Lipinski definition) is 0. The molecule has 1 rings (SSSR count). The maximum atomic E-state index is 13.5. The fourth-order valence-electron chi connectivity index (χ4n) is 2.05. The minimum atomic E-state index is -0.890. The minimum Gasteiger partial charge on any atom is -0.456 e. The first-order chi connectivity index (χ1) is 12.0. The molecule has 0 N–H and O–H groups in total. The molecule has 0 saturated heterocycles. The molecule has 1 aromatic carbocycles. The normalized spacial score (nSPS) is 12.3. The van der Waals surface area contributed by atoms with Crippen molar-refractivity contribution in [3.63, 3.8) is 0 Å². The van der Waals surface area contributed by atoms with Crippen molar-refractivity contribution in [1.29, 1.82) is 0 Å². The Morgan fingerprint density at radius 1 is 1.27 bits per heavy atom. The monoisotopic (exact) mass is 431 g/mol. The molecular formula is C18H23BrFNO5. The zero-order chi connectivity index (χ0) is 20.1. The Bertz CT molecular complexity index is 687. The first-order valence-electron chi connectivity index (χ1n) is 8.07. The van der Waals surface area contributed by atoms with Crippen molar-refractivity contribution in [3.05, 3.63) is 34.1 Å². The number of Topliss-reactive ketones (excluding diaryl/α,β-unsaturated/α-hetero) is 1. The standard InChI is InChI=1S/C18H23BrFNO5/c1-6-14(21(5)17(24)26-18(2,3)4)16(23)25-10-15(22)11-7-8-12(19)13(20)9-11/h7-9,14H,6,10H2,1-5H3. The van der Waals surface area contributed by atoms with Gasteiger partial charge in [-0.05, 0) is 61.3 Å². The number of ether oxygens (including phenoxy) is 2. The van der Waals surface area contributed by atoms with E-state index in [0.717, 1.165) is 11.0 Å². The van der Waals surface area contributed by atoms with Crippen LogP contribution < -0.4 is 0 Å². The molecule has 1 aromatic rings. The second kappa shape index (κ2) is 9.12. The summed E-state index contributed by atoms with van der Waals surface area (Å²) < 4.78 is 23.9. The number of benzene rings is 1. The van der Waals surface area contributed by atoms with Gasteiger partial charge in [0.05, 0.1) is 4.47 Å². The van der Waals surface area contributed by atoms with Crippen LogP contribution in [0.2, 0.25) is 0 Å². The summed E-state index contributed by atoms with van der Waals surface area (Å²) in [4.78, 5) is 37.5. The maximum Gasteiger partial charge on any atom is 0.410 e. The van der Waals surface area contributed by atoms with Crippen LogP contribution in [-0.4, -0.2) is 48.0 Å². The predicted octanol–water partition coefficient (Wildman–Crippen LogP) is 3.96. The van der Waals surface area contributed by atoms with E-state index in [9.17, 15) is 18.8 Å². The van der Waals surface area contributed by atoms with Gasteiger partial charge in [-0.1, -0.05) is 6.92 Å². The number of ketones is 1. The highest BCUT2D eigenvalue weighted by Gasteiger charge is 2.30. The van der Waals surface area contributed by atoms with Crippen molar-refractivity contribution in [2.24, 2.45) is 0 Å². The lowest BCUT2D eigenvalue weighted by Crippen LogP contribution is -2.45. The third-order valence-electron chi connectivity index (χ3n) is 3.39. The molecule has 0 spiro atoms. The lowest BCUT2D eigenvalue weighted by Gasteiger charge is -2.28. The molecule has 0 saturated carbocycles. The van der Waals surface area contributed by atoms with E-state index in [1.54, 1.807) is 27.7 Å². The van der Waals surface area contributed by atoms with Gasteiger partial charge < -0.3 is 9.47 Å². The molecule has 1 amide bonds. The number of amides is 1. The van der Waals surface area contributed by atoms with E-state index in [1.807, 2.05) is 0 Å². The highest BCUT2D eigenvalue weighted by atomic mass is 79.9. The van der Waals surface area contributed by atoms with Crippen molar-refractivity contribution in [2.45, 2.75) is 45.8 Å². The van der Waals surface area contributed by atoms with Crippen LogP contribution in [0.25, 0.3) is 0 Å². The molecular weight excluding hydrogens is 409 g/mol. The molecule has 0 aromatic heterocycles. The summed E-state index contributed by atoms with van der Waals surface area (Å²) in [5.41, 5.74) is -0.609. The predicted molar refractivity (Wildman–Crippen MR) is 97.5 cm³/mol. The van der Waals surface area contributed by atoms with E-state index in [4.69, 9.17) is 9.47 Å². The van der Waals surface area contributed by atoms with Crippen LogP contribution in [0.5, 0.6) is 0 Å². The molecule has 1 atom stereocenters. The average molecular weight is 432 g/mol. The summed E-state index contributed by atoms with van der Waals surface area (Å²) in [5.74, 6) is -1.86. The number of likely N-dealkylation sites (N-methyl/N-ethyl adjacent to an activating group) is 1. The van der Waals surface area contributed by atoms with Crippen molar-refractivity contribution < 1.29 is 28.2 Å².